The van der Waals surface area contributed by atoms with Crippen molar-refractivity contribution in [3.8, 4) is 0 Å². The molecule has 0 saturated heterocycles. The summed E-state index contributed by atoms with van der Waals surface area (Å²) in [4.78, 5) is 48.6. The highest BCUT2D eigenvalue weighted by molar-refractivity contribution is 6.24. The topological polar surface area (TPSA) is 106 Å². The van der Waals surface area contributed by atoms with Gasteiger partial charge in [-0.25, -0.2) is 9.78 Å². The first-order valence-corrected chi connectivity index (χ1v) is 12.5. The Bertz CT molecular complexity index is 1530. The summed E-state index contributed by atoms with van der Waals surface area (Å²) in [7, 11) is 1.72. The van der Waals surface area contributed by atoms with Crippen LogP contribution < -0.4 is 10.2 Å². The Morgan fingerprint density at radius 2 is 1.82 bits per heavy atom. The number of fused-ring (bicyclic) bond motifs is 1. The molecular weight excluding hydrogens is 494 g/mol. The number of rotatable bonds is 8. The molecule has 2 heterocycles. The number of ether oxygens (including phenoxy) is 1. The van der Waals surface area contributed by atoms with E-state index in [1.807, 2.05) is 54.6 Å². The number of aromatic nitrogens is 2. The van der Waals surface area contributed by atoms with Crippen molar-refractivity contribution >= 4 is 40.6 Å². The smallest absolute Gasteiger partial charge is 0.338 e. The van der Waals surface area contributed by atoms with Gasteiger partial charge in [-0.05, 0) is 54.4 Å². The summed E-state index contributed by atoms with van der Waals surface area (Å²) < 4.78 is 6.81. The molecule has 1 aliphatic rings. The minimum absolute atomic E-state index is 0.0874. The van der Waals surface area contributed by atoms with E-state index < -0.39 is 11.9 Å². The molecule has 39 heavy (non-hydrogen) atoms. The lowest BCUT2D eigenvalue weighted by Gasteiger charge is -2.18. The Morgan fingerprint density at radius 3 is 2.51 bits per heavy atom. The maximum atomic E-state index is 13.2. The van der Waals surface area contributed by atoms with Gasteiger partial charge >= 0.3 is 5.97 Å². The van der Waals surface area contributed by atoms with Crippen LogP contribution in [0.2, 0.25) is 0 Å². The van der Waals surface area contributed by atoms with E-state index in [9.17, 15) is 14.4 Å². The maximum Gasteiger partial charge on any atom is 0.338 e. The molecule has 1 atom stereocenters. The summed E-state index contributed by atoms with van der Waals surface area (Å²) in [6.45, 7) is 2.20. The normalized spacial score (nSPS) is 14.5. The minimum atomic E-state index is -0.669. The third kappa shape index (κ3) is 5.47. The number of carbonyl (C=O) groups excluding carboxylic acids is 3. The van der Waals surface area contributed by atoms with E-state index in [0.717, 1.165) is 16.8 Å². The van der Waals surface area contributed by atoms with E-state index in [0.29, 0.717) is 22.6 Å². The van der Waals surface area contributed by atoms with Crippen molar-refractivity contribution in [3.05, 3.63) is 108 Å². The summed E-state index contributed by atoms with van der Waals surface area (Å²) in [5, 5.41) is 2.90. The van der Waals surface area contributed by atoms with Crippen molar-refractivity contribution in [2.45, 2.75) is 19.4 Å². The van der Waals surface area contributed by atoms with Crippen molar-refractivity contribution < 1.29 is 19.1 Å². The van der Waals surface area contributed by atoms with E-state index >= 15 is 0 Å². The van der Waals surface area contributed by atoms with Gasteiger partial charge in [0.05, 0.1) is 29.9 Å². The first-order valence-electron chi connectivity index (χ1n) is 12.5. The van der Waals surface area contributed by atoms with Gasteiger partial charge in [0.1, 0.15) is 12.5 Å². The second-order valence-corrected chi connectivity index (χ2v) is 9.01. The molecule has 0 bridgehead atoms. The molecule has 1 aromatic heterocycles. The lowest BCUT2D eigenvalue weighted by molar-refractivity contribution is -0.119. The second-order valence-electron chi connectivity index (χ2n) is 9.01. The molecule has 0 aliphatic carbocycles. The molecule has 0 saturated carbocycles. The van der Waals surface area contributed by atoms with E-state index in [2.05, 4.69) is 10.3 Å². The molecule has 9 nitrogen and oxygen atoms in total. The first kappa shape index (κ1) is 25.6. The Labute approximate surface area is 225 Å². The van der Waals surface area contributed by atoms with Crippen LogP contribution in [0.15, 0.2) is 96.5 Å². The van der Waals surface area contributed by atoms with Crippen LogP contribution in [0.1, 0.15) is 34.3 Å². The first-order chi connectivity index (χ1) is 18.9. The standard InChI is InChI=1S/C30H27N5O4/c1-3-39-30(38)21-9-14-24-25(17-21)33-29(37)27(24)28(20-7-5-4-6-8-20)32-22-10-12-23(13-11-22)34(2)26(36)18-35-16-15-31-19-35/h4-17,19,27H,3,18H2,1-2H3,(H,33,37). The largest absolute Gasteiger partial charge is 0.462 e. The number of nitrogens with one attached hydrogen (secondary N) is 1. The molecule has 196 valence electrons. The Hall–Kier alpha value is -5.05. The van der Waals surface area contributed by atoms with Crippen LogP contribution in [0.3, 0.4) is 0 Å². The minimum Gasteiger partial charge on any atom is -0.462 e. The molecule has 2 amide bonds. The lowest BCUT2D eigenvalue weighted by Crippen LogP contribution is -2.29. The monoisotopic (exact) mass is 521 g/mol. The highest BCUT2D eigenvalue weighted by Gasteiger charge is 2.36. The van der Waals surface area contributed by atoms with Gasteiger partial charge in [-0.15, -0.1) is 0 Å². The maximum absolute atomic E-state index is 13.2. The van der Waals surface area contributed by atoms with E-state index in [1.165, 1.54) is 0 Å². The number of amides is 2. The highest BCUT2D eigenvalue weighted by Crippen LogP contribution is 2.37. The zero-order valence-corrected chi connectivity index (χ0v) is 21.6. The van der Waals surface area contributed by atoms with Gasteiger partial charge in [-0.1, -0.05) is 36.4 Å². The van der Waals surface area contributed by atoms with Crippen LogP contribution in [-0.2, 0) is 20.9 Å². The van der Waals surface area contributed by atoms with Crippen LogP contribution in [0.5, 0.6) is 0 Å². The quantitative estimate of drug-likeness (QED) is 0.270. The van der Waals surface area contributed by atoms with Gasteiger partial charge in [0.2, 0.25) is 11.8 Å². The number of nitrogens with zero attached hydrogens (tertiary/aromatic N) is 4. The molecule has 4 aromatic rings. The zero-order valence-electron chi connectivity index (χ0n) is 21.6. The molecule has 0 spiro atoms. The summed E-state index contributed by atoms with van der Waals surface area (Å²) in [5.74, 6) is -1.42. The van der Waals surface area contributed by atoms with Crippen LogP contribution in [0, 0.1) is 0 Å². The number of anilines is 2. The molecule has 0 fully saturated rings. The summed E-state index contributed by atoms with van der Waals surface area (Å²) >= 11 is 0. The number of benzene rings is 3. The average Bonchev–Trinajstić information content (AvgIpc) is 3.58. The summed E-state index contributed by atoms with van der Waals surface area (Å²) in [5.41, 5.74) is 4.40. The summed E-state index contributed by atoms with van der Waals surface area (Å²) in [6.07, 6.45) is 4.97. The van der Waals surface area contributed by atoms with Crippen LogP contribution in [0.4, 0.5) is 17.1 Å². The number of hydrogen-bond donors (Lipinski definition) is 1. The third-order valence-electron chi connectivity index (χ3n) is 6.48. The summed E-state index contributed by atoms with van der Waals surface area (Å²) in [6, 6.07) is 21.9. The van der Waals surface area contributed by atoms with Gasteiger partial charge < -0.3 is 19.5 Å². The molecule has 5 rings (SSSR count). The Morgan fingerprint density at radius 1 is 1.05 bits per heavy atom. The second kappa shape index (κ2) is 11.1. The van der Waals surface area contributed by atoms with Crippen molar-refractivity contribution in [2.75, 3.05) is 23.9 Å². The van der Waals surface area contributed by atoms with Gasteiger partial charge in [-0.2, -0.15) is 0 Å². The van der Waals surface area contributed by atoms with Gasteiger partial charge in [0, 0.05) is 30.8 Å². The molecular formula is C30H27N5O4. The van der Waals surface area contributed by atoms with E-state index in [-0.39, 0.29) is 25.0 Å². The number of carbonyl (C=O) groups is 3. The fourth-order valence-electron chi connectivity index (χ4n) is 4.46. The van der Waals surface area contributed by atoms with Crippen LogP contribution >= 0.6 is 0 Å². The fraction of sp³-hybridized carbons (Fsp3) is 0.167. The van der Waals surface area contributed by atoms with Crippen molar-refractivity contribution in [3.63, 3.8) is 0 Å². The van der Waals surface area contributed by atoms with E-state index in [4.69, 9.17) is 9.73 Å². The number of hydrogen-bond acceptors (Lipinski definition) is 6. The van der Waals surface area contributed by atoms with Gasteiger partial charge in [-0.3, -0.25) is 14.6 Å². The van der Waals surface area contributed by atoms with Gasteiger partial charge in [0.25, 0.3) is 0 Å². The molecule has 9 heteroatoms. The third-order valence-corrected chi connectivity index (χ3v) is 6.48. The number of aliphatic imine (C=N–C) groups is 1. The predicted molar refractivity (Wildman–Crippen MR) is 148 cm³/mol. The molecule has 1 N–H and O–H groups in total. The predicted octanol–water partition coefficient (Wildman–Crippen LogP) is 4.58. The molecule has 3 aromatic carbocycles. The van der Waals surface area contributed by atoms with Crippen molar-refractivity contribution in [1.29, 1.82) is 0 Å². The average molecular weight is 522 g/mol. The van der Waals surface area contributed by atoms with Crippen LogP contribution in [0.25, 0.3) is 0 Å². The van der Waals surface area contributed by atoms with Gasteiger partial charge in [0.15, 0.2) is 0 Å². The van der Waals surface area contributed by atoms with Crippen molar-refractivity contribution in [2.24, 2.45) is 4.99 Å². The lowest BCUT2D eigenvalue weighted by atomic mass is 9.90. The van der Waals surface area contributed by atoms with E-state index in [1.54, 1.807) is 60.4 Å². The molecule has 1 unspecified atom stereocenters. The SMILES string of the molecule is CCOC(=O)c1ccc2c(c1)NC(=O)C2C(=Nc1ccc(N(C)C(=O)Cn2ccnc2)cc1)c1ccccc1. The Kier molecular flexibility index (Phi) is 7.31. The number of likely N-dealkylation sites (N-methyl/N-ethyl adjacent to an activating group) is 1. The Balaban J connectivity index is 1.45. The highest BCUT2D eigenvalue weighted by atomic mass is 16.5. The molecule has 1 aliphatic heterocycles. The number of imidazole rings is 1. The fourth-order valence-corrected chi connectivity index (χ4v) is 4.46. The molecule has 0 radical (unpaired) electrons. The number of esters is 1. The van der Waals surface area contributed by atoms with Crippen LogP contribution in [-0.4, -0.2) is 46.7 Å². The van der Waals surface area contributed by atoms with Crippen molar-refractivity contribution in [1.82, 2.24) is 9.55 Å². The zero-order chi connectivity index (χ0) is 27.4.